The van der Waals surface area contributed by atoms with Crippen molar-refractivity contribution in [2.24, 2.45) is 0 Å². The normalized spacial score (nSPS) is 12.5. The van der Waals surface area contributed by atoms with Crippen molar-refractivity contribution in [3.8, 4) is 0 Å². The first-order valence-corrected chi connectivity index (χ1v) is 5.82. The molecule has 0 aliphatic heterocycles. The van der Waals surface area contributed by atoms with Gasteiger partial charge in [0, 0.05) is 5.56 Å². The largest absolute Gasteiger partial charge is 0.481 e. The first-order valence-electron chi connectivity index (χ1n) is 5.82. The van der Waals surface area contributed by atoms with E-state index in [0.29, 0.717) is 5.56 Å². The van der Waals surface area contributed by atoms with Crippen molar-refractivity contribution in [2.45, 2.75) is 26.3 Å². The third-order valence-electron chi connectivity index (χ3n) is 2.95. The molecular weight excluding hydrogens is 230 g/mol. The molecule has 0 amide bonds. The number of rotatable bonds is 5. The number of carbonyl (C=O) groups is 2. The van der Waals surface area contributed by atoms with Crippen LogP contribution in [-0.4, -0.2) is 41.9 Å². The molecule has 1 aromatic rings. The summed E-state index contributed by atoms with van der Waals surface area (Å²) in [7, 11) is 3.44. The Morgan fingerprint density at radius 1 is 1.28 bits per heavy atom. The number of hydrogen-bond donors (Lipinski definition) is 1. The topological polar surface area (TPSA) is 57.6 Å². The van der Waals surface area contributed by atoms with Gasteiger partial charge in [-0.1, -0.05) is 17.7 Å². The van der Waals surface area contributed by atoms with Crippen molar-refractivity contribution >= 4 is 11.8 Å². The predicted octanol–water partition coefficient (Wildman–Crippen LogP) is 1.89. The molecular formula is C14H19NO3. The molecule has 0 aromatic heterocycles. The summed E-state index contributed by atoms with van der Waals surface area (Å²) in [6, 6.07) is 5.02. The lowest BCUT2D eigenvalue weighted by Crippen LogP contribution is -2.38. The van der Waals surface area contributed by atoms with Gasteiger partial charge in [-0.15, -0.1) is 0 Å². The Morgan fingerprint density at radius 3 is 2.39 bits per heavy atom. The minimum Gasteiger partial charge on any atom is -0.481 e. The van der Waals surface area contributed by atoms with E-state index in [2.05, 4.69) is 0 Å². The van der Waals surface area contributed by atoms with E-state index in [1.807, 2.05) is 32.0 Å². The summed E-state index contributed by atoms with van der Waals surface area (Å²) < 4.78 is 0. The average Bonchev–Trinajstić information content (AvgIpc) is 2.27. The lowest BCUT2D eigenvalue weighted by atomic mass is 9.95. The van der Waals surface area contributed by atoms with E-state index in [1.165, 1.54) is 0 Å². The van der Waals surface area contributed by atoms with Crippen LogP contribution in [0.25, 0.3) is 0 Å². The highest BCUT2D eigenvalue weighted by atomic mass is 16.4. The fourth-order valence-electron chi connectivity index (χ4n) is 1.86. The fraction of sp³-hybridized carbons (Fsp3) is 0.429. The van der Waals surface area contributed by atoms with Crippen molar-refractivity contribution in [3.05, 3.63) is 34.9 Å². The summed E-state index contributed by atoms with van der Waals surface area (Å²) in [5, 5.41) is 8.87. The Bertz CT molecular complexity index is 466. The van der Waals surface area contributed by atoms with Crippen molar-refractivity contribution in [1.82, 2.24) is 4.90 Å². The number of carbonyl (C=O) groups excluding carboxylic acids is 1. The third-order valence-corrected chi connectivity index (χ3v) is 2.95. The number of aliphatic carboxylic acids is 1. The Hall–Kier alpha value is -1.68. The molecule has 0 heterocycles. The molecule has 4 nitrogen and oxygen atoms in total. The molecule has 1 unspecified atom stereocenters. The van der Waals surface area contributed by atoms with Crippen LogP contribution < -0.4 is 0 Å². The highest BCUT2D eigenvalue weighted by Crippen LogP contribution is 2.16. The highest BCUT2D eigenvalue weighted by molar-refractivity contribution is 6.02. The third kappa shape index (κ3) is 3.40. The van der Waals surface area contributed by atoms with Crippen LogP contribution in [0.1, 0.15) is 27.9 Å². The van der Waals surface area contributed by atoms with E-state index in [1.54, 1.807) is 19.0 Å². The van der Waals surface area contributed by atoms with E-state index in [9.17, 15) is 9.59 Å². The van der Waals surface area contributed by atoms with Crippen molar-refractivity contribution < 1.29 is 14.7 Å². The number of carboxylic acid groups (broad SMARTS) is 1. The van der Waals surface area contributed by atoms with Crippen LogP contribution in [-0.2, 0) is 4.79 Å². The number of carboxylic acids is 1. The number of benzene rings is 1. The van der Waals surface area contributed by atoms with Gasteiger partial charge in [0.25, 0.3) is 0 Å². The van der Waals surface area contributed by atoms with E-state index >= 15 is 0 Å². The average molecular weight is 249 g/mol. The monoisotopic (exact) mass is 249 g/mol. The van der Waals surface area contributed by atoms with Crippen LogP contribution >= 0.6 is 0 Å². The van der Waals surface area contributed by atoms with Gasteiger partial charge in [-0.3, -0.25) is 14.5 Å². The fourth-order valence-corrected chi connectivity index (χ4v) is 1.86. The minimum atomic E-state index is -0.965. The molecule has 0 saturated carbocycles. The SMILES string of the molecule is Cc1ccc(C)c(C(=O)C(CC(=O)O)N(C)C)c1. The number of nitrogens with zero attached hydrogens (tertiary/aromatic N) is 1. The van der Waals surface area contributed by atoms with Gasteiger partial charge in [-0.2, -0.15) is 0 Å². The second-order valence-electron chi connectivity index (χ2n) is 4.76. The molecule has 0 bridgehead atoms. The van der Waals surface area contributed by atoms with Crippen LogP contribution in [0.2, 0.25) is 0 Å². The van der Waals surface area contributed by atoms with Gasteiger partial charge in [0.15, 0.2) is 5.78 Å². The molecule has 0 saturated heterocycles. The summed E-state index contributed by atoms with van der Waals surface area (Å²) in [5.41, 5.74) is 2.48. The predicted molar refractivity (Wildman–Crippen MR) is 70.0 cm³/mol. The molecule has 4 heteroatoms. The summed E-state index contributed by atoms with van der Waals surface area (Å²) in [6.45, 7) is 3.78. The molecule has 0 aliphatic carbocycles. The number of Topliss-reactive ketones (excluding diaryl/α,β-unsaturated/α-hetero) is 1. The molecule has 18 heavy (non-hydrogen) atoms. The zero-order chi connectivity index (χ0) is 13.9. The molecule has 1 atom stereocenters. The zero-order valence-corrected chi connectivity index (χ0v) is 11.2. The van der Waals surface area contributed by atoms with Crippen LogP contribution in [0.4, 0.5) is 0 Å². The molecule has 1 aromatic carbocycles. The van der Waals surface area contributed by atoms with Gasteiger partial charge >= 0.3 is 5.97 Å². The summed E-state index contributed by atoms with van der Waals surface area (Å²) in [6.07, 6.45) is -0.181. The van der Waals surface area contributed by atoms with Gasteiger partial charge < -0.3 is 5.11 Å². The Morgan fingerprint density at radius 2 is 1.89 bits per heavy atom. The first kappa shape index (κ1) is 14.4. The molecule has 1 N–H and O–H groups in total. The Kier molecular flexibility index (Phi) is 4.62. The molecule has 0 spiro atoms. The zero-order valence-electron chi connectivity index (χ0n) is 11.2. The second-order valence-corrected chi connectivity index (χ2v) is 4.76. The quantitative estimate of drug-likeness (QED) is 0.810. The summed E-state index contributed by atoms with van der Waals surface area (Å²) >= 11 is 0. The van der Waals surface area contributed by atoms with Crippen LogP contribution in [0.3, 0.4) is 0 Å². The second kappa shape index (κ2) is 5.78. The van der Waals surface area contributed by atoms with E-state index in [-0.39, 0.29) is 12.2 Å². The standard InChI is InChI=1S/C14H19NO3/c1-9-5-6-10(2)11(7-9)14(18)12(15(3)4)8-13(16)17/h5-7,12H,8H2,1-4H3,(H,16,17). The lowest BCUT2D eigenvalue weighted by Gasteiger charge is -2.22. The van der Waals surface area contributed by atoms with Crippen molar-refractivity contribution in [2.75, 3.05) is 14.1 Å². The maximum absolute atomic E-state index is 12.4. The number of ketones is 1. The maximum Gasteiger partial charge on any atom is 0.305 e. The van der Waals surface area contributed by atoms with Crippen molar-refractivity contribution in [1.29, 1.82) is 0 Å². The number of aryl methyl sites for hydroxylation is 2. The van der Waals surface area contributed by atoms with E-state index < -0.39 is 12.0 Å². The molecule has 0 fully saturated rings. The van der Waals surface area contributed by atoms with E-state index in [4.69, 9.17) is 5.11 Å². The van der Waals surface area contributed by atoms with Gasteiger partial charge in [-0.05, 0) is 39.6 Å². The lowest BCUT2D eigenvalue weighted by molar-refractivity contribution is -0.137. The van der Waals surface area contributed by atoms with Crippen LogP contribution in [0, 0.1) is 13.8 Å². The number of likely N-dealkylation sites (N-methyl/N-ethyl adjacent to an activating group) is 1. The summed E-state index contributed by atoms with van der Waals surface area (Å²) in [5.74, 6) is -1.10. The van der Waals surface area contributed by atoms with Crippen LogP contribution in [0.5, 0.6) is 0 Å². The molecule has 0 aliphatic rings. The Balaban J connectivity index is 3.09. The smallest absolute Gasteiger partial charge is 0.305 e. The van der Waals surface area contributed by atoms with Gasteiger partial charge in [0.05, 0.1) is 12.5 Å². The first-order chi connectivity index (χ1) is 8.32. The van der Waals surface area contributed by atoms with Gasteiger partial charge in [0.1, 0.15) is 0 Å². The summed E-state index contributed by atoms with van der Waals surface area (Å²) in [4.78, 5) is 24.9. The van der Waals surface area contributed by atoms with Gasteiger partial charge in [-0.25, -0.2) is 0 Å². The van der Waals surface area contributed by atoms with Crippen molar-refractivity contribution in [3.63, 3.8) is 0 Å². The van der Waals surface area contributed by atoms with Crippen LogP contribution in [0.15, 0.2) is 18.2 Å². The van der Waals surface area contributed by atoms with Gasteiger partial charge in [0.2, 0.25) is 0 Å². The van der Waals surface area contributed by atoms with E-state index in [0.717, 1.165) is 11.1 Å². The number of hydrogen-bond acceptors (Lipinski definition) is 3. The Labute approximate surface area is 107 Å². The molecule has 0 radical (unpaired) electrons. The maximum atomic E-state index is 12.4. The molecule has 98 valence electrons. The highest BCUT2D eigenvalue weighted by Gasteiger charge is 2.25. The molecule has 1 rings (SSSR count). The minimum absolute atomic E-state index is 0.136.